The molecule has 1 aromatic carbocycles. The second-order valence-electron chi connectivity index (χ2n) is 5.85. The van der Waals surface area contributed by atoms with Crippen LogP contribution in [0.5, 0.6) is 0 Å². The minimum atomic E-state index is 1.10. The first kappa shape index (κ1) is 13.6. The molecule has 0 amide bonds. The van der Waals surface area contributed by atoms with Gasteiger partial charge in [-0.1, -0.05) is 18.2 Å². The Balaban J connectivity index is 1.92. The van der Waals surface area contributed by atoms with Crippen molar-refractivity contribution in [3.8, 4) is 11.3 Å². The minimum absolute atomic E-state index is 1.10. The molecular weight excluding hydrogens is 290 g/mol. The molecule has 0 saturated carbocycles. The number of nitrogens with zero attached hydrogens (tertiary/aromatic N) is 3. The van der Waals surface area contributed by atoms with E-state index in [-0.39, 0.29) is 0 Å². The van der Waals surface area contributed by atoms with Crippen molar-refractivity contribution in [2.45, 2.75) is 19.8 Å². The molecular formula is C18H19N3S. The fourth-order valence-electron chi connectivity index (χ4n) is 3.36. The van der Waals surface area contributed by atoms with Crippen LogP contribution in [0.3, 0.4) is 0 Å². The summed E-state index contributed by atoms with van der Waals surface area (Å²) < 4.78 is 2.03. The zero-order valence-electron chi connectivity index (χ0n) is 13.1. The Kier molecular flexibility index (Phi) is 3.08. The molecule has 0 bridgehead atoms. The first-order valence-electron chi connectivity index (χ1n) is 7.59. The summed E-state index contributed by atoms with van der Waals surface area (Å²) in [6, 6.07) is 10.6. The van der Waals surface area contributed by atoms with Gasteiger partial charge in [-0.25, -0.2) is 0 Å². The normalized spacial score (nSPS) is 12.9. The van der Waals surface area contributed by atoms with Crippen LogP contribution in [0.25, 0.3) is 11.3 Å². The van der Waals surface area contributed by atoms with Crippen LogP contribution in [0.4, 0.5) is 10.7 Å². The molecule has 0 fully saturated rings. The Morgan fingerprint density at radius 2 is 1.95 bits per heavy atom. The molecule has 112 valence electrons. The van der Waals surface area contributed by atoms with Crippen molar-refractivity contribution in [1.29, 1.82) is 0 Å². The van der Waals surface area contributed by atoms with Crippen molar-refractivity contribution in [2.24, 2.45) is 7.05 Å². The first-order valence-corrected chi connectivity index (χ1v) is 8.40. The lowest BCUT2D eigenvalue weighted by atomic mass is 9.91. The maximum absolute atomic E-state index is 4.48. The van der Waals surface area contributed by atoms with Crippen molar-refractivity contribution < 1.29 is 0 Å². The monoisotopic (exact) mass is 309 g/mol. The van der Waals surface area contributed by atoms with Crippen LogP contribution in [0, 0.1) is 6.92 Å². The lowest BCUT2D eigenvalue weighted by Crippen LogP contribution is -2.12. The lowest BCUT2D eigenvalue weighted by molar-refractivity contribution is 0.771. The van der Waals surface area contributed by atoms with Gasteiger partial charge in [0.1, 0.15) is 5.00 Å². The summed E-state index contributed by atoms with van der Waals surface area (Å²) in [5.74, 6) is 0. The Morgan fingerprint density at radius 1 is 1.18 bits per heavy atom. The third-order valence-electron chi connectivity index (χ3n) is 4.53. The Morgan fingerprint density at radius 3 is 2.73 bits per heavy atom. The van der Waals surface area contributed by atoms with E-state index >= 15 is 0 Å². The van der Waals surface area contributed by atoms with Crippen LogP contribution in [0.2, 0.25) is 0 Å². The second kappa shape index (κ2) is 4.99. The molecule has 1 aliphatic rings. The SMILES string of the molecule is Cc1sc(N(C)c2ccccc2)c2c1CCc1cnn(C)c1-2. The number of aromatic nitrogens is 2. The summed E-state index contributed by atoms with van der Waals surface area (Å²) in [5, 5.41) is 5.80. The topological polar surface area (TPSA) is 21.1 Å². The van der Waals surface area contributed by atoms with Gasteiger partial charge in [-0.15, -0.1) is 11.3 Å². The van der Waals surface area contributed by atoms with Gasteiger partial charge in [-0.2, -0.15) is 5.10 Å². The van der Waals surface area contributed by atoms with Gasteiger partial charge < -0.3 is 4.90 Å². The van der Waals surface area contributed by atoms with E-state index in [1.54, 1.807) is 0 Å². The first-order chi connectivity index (χ1) is 10.7. The fraction of sp³-hybridized carbons (Fsp3) is 0.278. The highest BCUT2D eigenvalue weighted by molar-refractivity contribution is 7.17. The average Bonchev–Trinajstić information content (AvgIpc) is 3.08. The Hall–Kier alpha value is -2.07. The van der Waals surface area contributed by atoms with E-state index in [0.717, 1.165) is 12.8 Å². The number of anilines is 2. The second-order valence-corrected chi connectivity index (χ2v) is 7.06. The average molecular weight is 309 g/mol. The molecule has 2 aromatic heterocycles. The van der Waals surface area contributed by atoms with Crippen LogP contribution in [0.15, 0.2) is 36.5 Å². The predicted octanol–water partition coefficient (Wildman–Crippen LogP) is 4.32. The zero-order chi connectivity index (χ0) is 15.3. The van der Waals surface area contributed by atoms with Gasteiger partial charge in [-0.3, -0.25) is 4.68 Å². The molecule has 0 atom stereocenters. The van der Waals surface area contributed by atoms with E-state index in [9.17, 15) is 0 Å². The van der Waals surface area contributed by atoms with Gasteiger partial charge in [0.2, 0.25) is 0 Å². The maximum Gasteiger partial charge on any atom is 0.105 e. The minimum Gasteiger partial charge on any atom is -0.336 e. The van der Waals surface area contributed by atoms with Gasteiger partial charge in [0.15, 0.2) is 0 Å². The molecule has 0 radical (unpaired) electrons. The van der Waals surface area contributed by atoms with Crippen molar-refractivity contribution in [1.82, 2.24) is 9.78 Å². The number of hydrogen-bond donors (Lipinski definition) is 0. The van der Waals surface area contributed by atoms with Gasteiger partial charge in [0.25, 0.3) is 0 Å². The highest BCUT2D eigenvalue weighted by Crippen LogP contribution is 2.48. The standard InChI is InChI=1S/C18H19N3S/c1-12-15-10-9-13-11-19-21(3)17(13)16(15)18(22-12)20(2)14-7-5-4-6-8-14/h4-8,11H,9-10H2,1-3H3. The molecule has 1 aliphatic carbocycles. The highest BCUT2D eigenvalue weighted by Gasteiger charge is 2.28. The molecule has 0 spiro atoms. The molecule has 2 heterocycles. The highest BCUT2D eigenvalue weighted by atomic mass is 32.1. The molecule has 0 N–H and O–H groups in total. The number of fused-ring (bicyclic) bond motifs is 3. The summed E-state index contributed by atoms with van der Waals surface area (Å²) in [6.45, 7) is 2.24. The molecule has 3 nitrogen and oxygen atoms in total. The summed E-state index contributed by atoms with van der Waals surface area (Å²) in [6.07, 6.45) is 4.25. The number of aryl methyl sites for hydroxylation is 3. The van der Waals surface area contributed by atoms with E-state index in [4.69, 9.17) is 0 Å². The lowest BCUT2D eigenvalue weighted by Gasteiger charge is -2.22. The number of benzene rings is 1. The molecule has 3 aromatic rings. The van der Waals surface area contributed by atoms with E-state index in [1.807, 2.05) is 29.3 Å². The zero-order valence-corrected chi connectivity index (χ0v) is 13.9. The van der Waals surface area contributed by atoms with Gasteiger partial charge in [0.05, 0.1) is 11.9 Å². The third kappa shape index (κ3) is 1.91. The fourth-order valence-corrected chi connectivity index (χ4v) is 4.54. The summed E-state index contributed by atoms with van der Waals surface area (Å²) in [7, 11) is 4.21. The van der Waals surface area contributed by atoms with Gasteiger partial charge in [0, 0.05) is 30.2 Å². The van der Waals surface area contributed by atoms with Gasteiger partial charge in [-0.05, 0) is 43.0 Å². The molecule has 4 heteroatoms. The summed E-state index contributed by atoms with van der Waals surface area (Å²) in [4.78, 5) is 3.73. The van der Waals surface area contributed by atoms with E-state index < -0.39 is 0 Å². The molecule has 22 heavy (non-hydrogen) atoms. The molecule has 0 aliphatic heterocycles. The van der Waals surface area contributed by atoms with Crippen LogP contribution < -0.4 is 4.90 Å². The third-order valence-corrected chi connectivity index (χ3v) is 5.76. The number of thiophene rings is 1. The largest absolute Gasteiger partial charge is 0.336 e. The molecule has 0 saturated heterocycles. The number of hydrogen-bond acceptors (Lipinski definition) is 3. The van der Waals surface area contributed by atoms with Crippen LogP contribution >= 0.6 is 11.3 Å². The molecule has 4 rings (SSSR count). The molecule has 0 unspecified atom stereocenters. The Bertz CT molecular complexity index is 830. The van der Waals surface area contributed by atoms with E-state index in [1.165, 1.54) is 37.9 Å². The van der Waals surface area contributed by atoms with E-state index in [0.29, 0.717) is 0 Å². The predicted molar refractivity (Wildman–Crippen MR) is 93.2 cm³/mol. The van der Waals surface area contributed by atoms with Crippen LogP contribution in [-0.4, -0.2) is 16.8 Å². The Labute approximate surface area is 134 Å². The smallest absolute Gasteiger partial charge is 0.105 e. The number of rotatable bonds is 2. The van der Waals surface area contributed by atoms with Crippen LogP contribution in [-0.2, 0) is 19.9 Å². The van der Waals surface area contributed by atoms with Crippen molar-refractivity contribution in [3.63, 3.8) is 0 Å². The summed E-state index contributed by atoms with van der Waals surface area (Å²) in [5.41, 5.74) is 6.77. The summed E-state index contributed by atoms with van der Waals surface area (Å²) >= 11 is 1.89. The maximum atomic E-state index is 4.48. The van der Waals surface area contributed by atoms with E-state index in [2.05, 4.69) is 54.3 Å². The van der Waals surface area contributed by atoms with Crippen molar-refractivity contribution in [3.05, 3.63) is 52.5 Å². The van der Waals surface area contributed by atoms with Crippen molar-refractivity contribution in [2.75, 3.05) is 11.9 Å². The number of para-hydroxylation sites is 1. The quantitative estimate of drug-likeness (QED) is 0.703. The van der Waals surface area contributed by atoms with Crippen LogP contribution in [0.1, 0.15) is 16.0 Å². The van der Waals surface area contributed by atoms with Gasteiger partial charge >= 0.3 is 0 Å². The van der Waals surface area contributed by atoms with Crippen molar-refractivity contribution >= 4 is 22.0 Å².